The van der Waals surface area contributed by atoms with E-state index < -0.39 is 0 Å². The molecule has 1 aromatic carbocycles. The molecule has 0 aliphatic carbocycles. The van der Waals surface area contributed by atoms with Gasteiger partial charge in [0.25, 0.3) is 0 Å². The summed E-state index contributed by atoms with van der Waals surface area (Å²) in [7, 11) is 0. The minimum absolute atomic E-state index is 0.0388. The normalized spacial score (nSPS) is 12.9. The van der Waals surface area contributed by atoms with Crippen LogP contribution >= 0.6 is 35.0 Å². The molecule has 1 N–H and O–H groups in total. The summed E-state index contributed by atoms with van der Waals surface area (Å²) in [4.78, 5) is 4.49. The molecule has 0 fully saturated rings. The van der Waals surface area contributed by atoms with E-state index in [1.54, 1.807) is 6.07 Å². The fourth-order valence-electron chi connectivity index (χ4n) is 1.45. The van der Waals surface area contributed by atoms with Gasteiger partial charge in [0.1, 0.15) is 0 Å². The zero-order valence-corrected chi connectivity index (χ0v) is 12.4. The molecule has 0 aromatic heterocycles. The molecule has 3 nitrogen and oxygen atoms in total. The molecule has 0 saturated heterocycles. The lowest BCUT2D eigenvalue weighted by atomic mass is 10.1. The van der Waals surface area contributed by atoms with Gasteiger partial charge in [0.2, 0.25) is 0 Å². The fourth-order valence-corrected chi connectivity index (χ4v) is 2.13. The van der Waals surface area contributed by atoms with Gasteiger partial charge >= 0.3 is 0 Å². The number of benzene rings is 1. The zero-order valence-electron chi connectivity index (χ0n) is 10.1. The van der Waals surface area contributed by atoms with E-state index >= 15 is 0 Å². The Bertz CT molecular complexity index is 483. The van der Waals surface area contributed by atoms with Gasteiger partial charge in [-0.15, -0.1) is 0 Å². The summed E-state index contributed by atoms with van der Waals surface area (Å²) in [5.74, 6) is 0. The van der Waals surface area contributed by atoms with Crippen molar-refractivity contribution in [3.8, 4) is 6.19 Å². The lowest BCUT2D eigenvalue weighted by Gasteiger charge is -2.13. The van der Waals surface area contributed by atoms with E-state index in [0.717, 1.165) is 12.0 Å². The molecule has 18 heavy (non-hydrogen) atoms. The van der Waals surface area contributed by atoms with Crippen molar-refractivity contribution in [2.24, 2.45) is 4.99 Å². The van der Waals surface area contributed by atoms with Crippen LogP contribution in [0, 0.1) is 11.5 Å². The maximum atomic E-state index is 8.61. The Kier molecular flexibility index (Phi) is 6.34. The maximum absolute atomic E-state index is 8.61. The van der Waals surface area contributed by atoms with Gasteiger partial charge in [0.15, 0.2) is 11.4 Å². The van der Waals surface area contributed by atoms with Crippen molar-refractivity contribution in [3.05, 3.63) is 33.8 Å². The molecule has 0 amide bonds. The number of nitriles is 1. The average Bonchev–Trinajstić information content (AvgIpc) is 2.38. The summed E-state index contributed by atoms with van der Waals surface area (Å²) < 4.78 is 0. The summed E-state index contributed by atoms with van der Waals surface area (Å²) in [5.41, 5.74) is 0.984. The van der Waals surface area contributed by atoms with Gasteiger partial charge in [0.05, 0.1) is 16.1 Å². The van der Waals surface area contributed by atoms with Crippen LogP contribution in [0.3, 0.4) is 0 Å². The molecule has 1 atom stereocenters. The Labute approximate surface area is 121 Å². The fraction of sp³-hybridized carbons (Fsp3) is 0.333. The summed E-state index contributed by atoms with van der Waals surface area (Å²) in [6.07, 6.45) is 4.55. The molecule has 6 heteroatoms. The molecule has 0 spiro atoms. The van der Waals surface area contributed by atoms with Gasteiger partial charge in [-0.1, -0.05) is 48.0 Å². The van der Waals surface area contributed by atoms with Crippen LogP contribution in [0.1, 0.15) is 24.9 Å². The third kappa shape index (κ3) is 4.09. The number of aliphatic imine (C=N–C) groups is 1. The Morgan fingerprint density at radius 1 is 1.50 bits per heavy atom. The molecule has 0 unspecified atom stereocenters. The van der Waals surface area contributed by atoms with E-state index in [4.69, 9.17) is 28.5 Å². The van der Waals surface area contributed by atoms with E-state index in [9.17, 15) is 0 Å². The lowest BCUT2D eigenvalue weighted by molar-refractivity contribution is 0.701. The predicted molar refractivity (Wildman–Crippen MR) is 79.2 cm³/mol. The molecule has 96 valence electrons. The van der Waals surface area contributed by atoms with Gasteiger partial charge in [-0.05, 0) is 30.4 Å². The van der Waals surface area contributed by atoms with Crippen LogP contribution in [0.4, 0.5) is 0 Å². The van der Waals surface area contributed by atoms with Crippen LogP contribution in [0.25, 0.3) is 0 Å². The summed E-state index contributed by atoms with van der Waals surface area (Å²) in [6, 6.07) is 5.43. The predicted octanol–water partition coefficient (Wildman–Crippen LogP) is 4.23. The van der Waals surface area contributed by atoms with Crippen LogP contribution in [0.5, 0.6) is 0 Å². The minimum Gasteiger partial charge on any atom is -0.272 e. The van der Waals surface area contributed by atoms with Crippen molar-refractivity contribution < 1.29 is 0 Å². The van der Waals surface area contributed by atoms with Crippen molar-refractivity contribution in [2.75, 3.05) is 6.26 Å². The van der Waals surface area contributed by atoms with Crippen LogP contribution < -0.4 is 5.32 Å². The third-order valence-corrected chi connectivity index (χ3v) is 3.68. The SMILES string of the molecule is CC[C@H](N=C(NC#N)SC)c1ccc(Cl)c(Cl)c1. The first-order valence-corrected chi connectivity index (χ1v) is 7.32. The average molecular weight is 302 g/mol. The van der Waals surface area contributed by atoms with Crippen LogP contribution in [0.2, 0.25) is 10.0 Å². The molecule has 1 aromatic rings. The molecule has 0 saturated carbocycles. The van der Waals surface area contributed by atoms with Crippen molar-refractivity contribution in [1.29, 1.82) is 5.26 Å². The molecule has 0 aliphatic heterocycles. The van der Waals surface area contributed by atoms with Gasteiger partial charge < -0.3 is 0 Å². The number of rotatable bonds is 3. The molecule has 1 rings (SSSR count). The first kappa shape index (κ1) is 15.2. The first-order chi connectivity index (χ1) is 8.62. The van der Waals surface area contributed by atoms with Crippen molar-refractivity contribution in [3.63, 3.8) is 0 Å². The highest BCUT2D eigenvalue weighted by molar-refractivity contribution is 8.13. The number of hydrogen-bond acceptors (Lipinski definition) is 3. The highest BCUT2D eigenvalue weighted by atomic mass is 35.5. The van der Waals surface area contributed by atoms with E-state index in [0.29, 0.717) is 15.2 Å². The Hall–Kier alpha value is -0.890. The highest BCUT2D eigenvalue weighted by Crippen LogP contribution is 2.29. The number of hydrogen-bond donors (Lipinski definition) is 1. The number of thioether (sulfide) groups is 1. The van der Waals surface area contributed by atoms with Crippen LogP contribution in [-0.2, 0) is 0 Å². The molecule has 0 bridgehead atoms. The topological polar surface area (TPSA) is 48.2 Å². The van der Waals surface area contributed by atoms with E-state index in [-0.39, 0.29) is 6.04 Å². The number of nitrogens with zero attached hydrogens (tertiary/aromatic N) is 2. The van der Waals surface area contributed by atoms with Crippen LogP contribution in [-0.4, -0.2) is 11.4 Å². The monoisotopic (exact) mass is 301 g/mol. The second-order valence-electron chi connectivity index (χ2n) is 3.47. The number of amidine groups is 1. The van der Waals surface area contributed by atoms with Crippen molar-refractivity contribution in [1.82, 2.24) is 5.32 Å². The van der Waals surface area contributed by atoms with E-state index in [1.165, 1.54) is 11.8 Å². The third-order valence-electron chi connectivity index (χ3n) is 2.34. The van der Waals surface area contributed by atoms with Gasteiger partial charge in [-0.25, -0.2) is 0 Å². The van der Waals surface area contributed by atoms with E-state index in [2.05, 4.69) is 10.3 Å². The molecule has 0 heterocycles. The molecule has 0 radical (unpaired) electrons. The zero-order chi connectivity index (χ0) is 13.5. The number of halogens is 2. The van der Waals surface area contributed by atoms with E-state index in [1.807, 2.05) is 31.5 Å². The largest absolute Gasteiger partial charge is 0.272 e. The van der Waals surface area contributed by atoms with Gasteiger partial charge in [0, 0.05) is 0 Å². The Morgan fingerprint density at radius 3 is 2.72 bits per heavy atom. The minimum atomic E-state index is -0.0388. The molecular formula is C12H13Cl2N3S. The highest BCUT2D eigenvalue weighted by Gasteiger charge is 2.11. The Morgan fingerprint density at radius 2 is 2.22 bits per heavy atom. The maximum Gasteiger partial charge on any atom is 0.183 e. The Balaban J connectivity index is 3.02. The second kappa shape index (κ2) is 7.52. The second-order valence-corrected chi connectivity index (χ2v) is 5.08. The summed E-state index contributed by atoms with van der Waals surface area (Å²) >= 11 is 13.3. The molecular weight excluding hydrogens is 289 g/mol. The van der Waals surface area contributed by atoms with Crippen LogP contribution in [0.15, 0.2) is 23.2 Å². The standard InChI is InChI=1S/C12H13Cl2N3S/c1-3-11(17-12(18-2)16-7-15)8-4-5-9(13)10(14)6-8/h4-6,11H,3H2,1-2H3,(H,16,17)/t11-/m0/s1. The number of nitrogens with one attached hydrogen (secondary N) is 1. The molecule has 0 aliphatic rings. The lowest BCUT2D eigenvalue weighted by Crippen LogP contribution is -2.14. The summed E-state index contributed by atoms with van der Waals surface area (Å²) in [5, 5.41) is 12.8. The van der Waals surface area contributed by atoms with Crippen molar-refractivity contribution >= 4 is 40.1 Å². The summed E-state index contributed by atoms with van der Waals surface area (Å²) in [6.45, 7) is 2.03. The quantitative estimate of drug-likeness (QED) is 0.393. The van der Waals surface area contributed by atoms with Gasteiger partial charge in [-0.3, -0.25) is 10.3 Å². The van der Waals surface area contributed by atoms with Gasteiger partial charge in [-0.2, -0.15) is 5.26 Å². The smallest absolute Gasteiger partial charge is 0.183 e. The first-order valence-electron chi connectivity index (χ1n) is 5.34. The van der Waals surface area contributed by atoms with Crippen molar-refractivity contribution in [2.45, 2.75) is 19.4 Å².